The lowest BCUT2D eigenvalue weighted by Crippen LogP contribution is -2.60. The number of benzene rings is 2. The first-order valence-electron chi connectivity index (χ1n) is 9.52. The van der Waals surface area contributed by atoms with Crippen LogP contribution in [0.3, 0.4) is 0 Å². The second-order valence-electron chi connectivity index (χ2n) is 6.74. The van der Waals surface area contributed by atoms with Gasteiger partial charge in [-0.05, 0) is 24.6 Å². The highest BCUT2D eigenvalue weighted by molar-refractivity contribution is 5.94. The molecule has 1 atom stereocenters. The fourth-order valence-corrected chi connectivity index (χ4v) is 3.33. The Morgan fingerprint density at radius 2 is 1.71 bits per heavy atom. The van der Waals surface area contributed by atoms with E-state index in [1.165, 1.54) is 4.90 Å². The van der Waals surface area contributed by atoms with Gasteiger partial charge in [-0.25, -0.2) is 0 Å². The third-order valence-corrected chi connectivity index (χ3v) is 4.72. The van der Waals surface area contributed by atoms with Crippen molar-refractivity contribution in [3.05, 3.63) is 60.2 Å². The molecule has 148 valence electrons. The summed E-state index contributed by atoms with van der Waals surface area (Å²) in [5.74, 6) is 1.32. The van der Waals surface area contributed by atoms with Gasteiger partial charge in [0.1, 0.15) is 24.1 Å². The van der Waals surface area contributed by atoms with E-state index < -0.39 is 6.04 Å². The SMILES string of the molecule is CCOc1cccc(OCCN2C(=O)CN(C)C(=O)[C@H]2Cc2ccccc2)c1. The molecule has 0 aromatic heterocycles. The quantitative estimate of drug-likeness (QED) is 0.703. The molecule has 1 saturated heterocycles. The van der Waals surface area contributed by atoms with Crippen LogP contribution in [-0.2, 0) is 16.0 Å². The summed E-state index contributed by atoms with van der Waals surface area (Å²) in [6.45, 7) is 3.28. The van der Waals surface area contributed by atoms with Gasteiger partial charge in [-0.15, -0.1) is 0 Å². The molecular weight excluding hydrogens is 356 g/mol. The van der Waals surface area contributed by atoms with Crippen molar-refractivity contribution in [1.29, 1.82) is 0 Å². The van der Waals surface area contributed by atoms with Crippen molar-refractivity contribution in [2.24, 2.45) is 0 Å². The van der Waals surface area contributed by atoms with Crippen LogP contribution in [0.25, 0.3) is 0 Å². The average Bonchev–Trinajstić information content (AvgIpc) is 2.69. The van der Waals surface area contributed by atoms with Gasteiger partial charge in [-0.3, -0.25) is 9.59 Å². The molecule has 0 unspecified atom stereocenters. The lowest BCUT2D eigenvalue weighted by Gasteiger charge is -2.38. The Hall–Kier alpha value is -3.02. The number of ether oxygens (including phenoxy) is 2. The highest BCUT2D eigenvalue weighted by atomic mass is 16.5. The van der Waals surface area contributed by atoms with Crippen LogP contribution in [0, 0.1) is 0 Å². The highest BCUT2D eigenvalue weighted by Crippen LogP contribution is 2.20. The van der Waals surface area contributed by atoms with Crippen molar-refractivity contribution in [2.45, 2.75) is 19.4 Å². The molecule has 1 aliphatic rings. The van der Waals surface area contributed by atoms with Crippen molar-refractivity contribution >= 4 is 11.8 Å². The van der Waals surface area contributed by atoms with E-state index in [-0.39, 0.29) is 18.4 Å². The molecule has 6 nitrogen and oxygen atoms in total. The molecule has 0 aliphatic carbocycles. The summed E-state index contributed by atoms with van der Waals surface area (Å²) in [7, 11) is 1.67. The van der Waals surface area contributed by atoms with E-state index in [0.717, 1.165) is 11.3 Å². The van der Waals surface area contributed by atoms with E-state index >= 15 is 0 Å². The molecule has 0 spiro atoms. The maximum absolute atomic E-state index is 12.7. The number of likely N-dealkylation sites (N-methyl/N-ethyl adjacent to an activating group) is 1. The van der Waals surface area contributed by atoms with Crippen LogP contribution in [0.4, 0.5) is 0 Å². The number of carbonyl (C=O) groups excluding carboxylic acids is 2. The zero-order valence-electron chi connectivity index (χ0n) is 16.3. The minimum Gasteiger partial charge on any atom is -0.494 e. The number of amides is 2. The monoisotopic (exact) mass is 382 g/mol. The summed E-state index contributed by atoms with van der Waals surface area (Å²) in [4.78, 5) is 28.4. The maximum Gasteiger partial charge on any atom is 0.245 e. The lowest BCUT2D eigenvalue weighted by atomic mass is 10.0. The van der Waals surface area contributed by atoms with Crippen LogP contribution in [0.2, 0.25) is 0 Å². The molecule has 0 N–H and O–H groups in total. The fourth-order valence-electron chi connectivity index (χ4n) is 3.33. The van der Waals surface area contributed by atoms with Crippen molar-refractivity contribution in [3.8, 4) is 11.5 Å². The highest BCUT2D eigenvalue weighted by Gasteiger charge is 2.37. The molecule has 0 radical (unpaired) electrons. The van der Waals surface area contributed by atoms with Gasteiger partial charge in [-0.2, -0.15) is 0 Å². The Morgan fingerprint density at radius 1 is 1.00 bits per heavy atom. The molecule has 0 saturated carbocycles. The van der Waals surface area contributed by atoms with E-state index in [2.05, 4.69) is 0 Å². The average molecular weight is 382 g/mol. The predicted molar refractivity (Wildman–Crippen MR) is 106 cm³/mol. The molecule has 6 heteroatoms. The Kier molecular flexibility index (Phi) is 6.53. The van der Waals surface area contributed by atoms with E-state index in [9.17, 15) is 9.59 Å². The molecule has 0 bridgehead atoms. The third kappa shape index (κ3) is 4.82. The molecule has 3 rings (SSSR count). The predicted octanol–water partition coefficient (Wildman–Crippen LogP) is 2.38. The van der Waals surface area contributed by atoms with Crippen molar-refractivity contribution in [2.75, 3.05) is 33.4 Å². The van der Waals surface area contributed by atoms with Gasteiger partial charge in [-0.1, -0.05) is 36.4 Å². The second-order valence-corrected chi connectivity index (χ2v) is 6.74. The first kappa shape index (κ1) is 19.7. The van der Waals surface area contributed by atoms with Crippen molar-refractivity contribution in [3.63, 3.8) is 0 Å². The Labute approximate surface area is 165 Å². The first-order valence-corrected chi connectivity index (χ1v) is 9.52. The minimum absolute atomic E-state index is 0.0400. The summed E-state index contributed by atoms with van der Waals surface area (Å²) in [6.07, 6.45) is 0.496. The normalized spacial score (nSPS) is 17.0. The van der Waals surface area contributed by atoms with Gasteiger partial charge in [0.05, 0.1) is 19.7 Å². The van der Waals surface area contributed by atoms with Crippen LogP contribution >= 0.6 is 0 Å². The first-order chi connectivity index (χ1) is 13.6. The Morgan fingerprint density at radius 3 is 2.43 bits per heavy atom. The van der Waals surface area contributed by atoms with E-state index in [1.807, 2.05) is 61.5 Å². The number of nitrogens with zero attached hydrogens (tertiary/aromatic N) is 2. The standard InChI is InChI=1S/C22H26N2O4/c1-3-27-18-10-7-11-19(15-18)28-13-12-24-20(14-17-8-5-4-6-9-17)22(26)23(2)16-21(24)25/h4-11,15,20H,3,12-14,16H2,1-2H3/t20-/m1/s1. The Bertz CT molecular complexity index is 809. The van der Waals surface area contributed by atoms with Crippen molar-refractivity contribution < 1.29 is 19.1 Å². The van der Waals surface area contributed by atoms with E-state index in [4.69, 9.17) is 9.47 Å². The minimum atomic E-state index is -0.507. The second kappa shape index (κ2) is 9.26. The molecule has 1 fully saturated rings. The van der Waals surface area contributed by atoms with Gasteiger partial charge in [0.2, 0.25) is 11.8 Å². The molecule has 1 heterocycles. The smallest absolute Gasteiger partial charge is 0.245 e. The van der Waals surface area contributed by atoms with Crippen LogP contribution in [-0.4, -0.2) is 61.0 Å². The largest absolute Gasteiger partial charge is 0.494 e. The fraction of sp³-hybridized carbons (Fsp3) is 0.364. The summed E-state index contributed by atoms with van der Waals surface area (Å²) >= 11 is 0. The van der Waals surface area contributed by atoms with Crippen LogP contribution < -0.4 is 9.47 Å². The van der Waals surface area contributed by atoms with Crippen LogP contribution in [0.5, 0.6) is 11.5 Å². The topological polar surface area (TPSA) is 59.1 Å². The van der Waals surface area contributed by atoms with Crippen molar-refractivity contribution in [1.82, 2.24) is 9.80 Å². The maximum atomic E-state index is 12.7. The summed E-state index contributed by atoms with van der Waals surface area (Å²) < 4.78 is 11.3. The molecular formula is C22H26N2O4. The third-order valence-electron chi connectivity index (χ3n) is 4.72. The lowest BCUT2D eigenvalue weighted by molar-refractivity contribution is -0.154. The van der Waals surface area contributed by atoms with Gasteiger partial charge < -0.3 is 19.3 Å². The van der Waals surface area contributed by atoms with Gasteiger partial charge >= 0.3 is 0 Å². The summed E-state index contributed by atoms with van der Waals surface area (Å²) in [5, 5.41) is 0. The number of hydrogen-bond donors (Lipinski definition) is 0. The van der Waals surface area contributed by atoms with Crippen LogP contribution in [0.1, 0.15) is 12.5 Å². The Balaban J connectivity index is 1.66. The zero-order chi connectivity index (χ0) is 19.9. The number of carbonyl (C=O) groups is 2. The molecule has 2 aromatic rings. The van der Waals surface area contributed by atoms with E-state index in [1.54, 1.807) is 11.9 Å². The van der Waals surface area contributed by atoms with Gasteiger partial charge in [0.25, 0.3) is 0 Å². The van der Waals surface area contributed by atoms with Gasteiger partial charge in [0, 0.05) is 19.5 Å². The van der Waals surface area contributed by atoms with Crippen LogP contribution in [0.15, 0.2) is 54.6 Å². The molecule has 28 heavy (non-hydrogen) atoms. The number of rotatable bonds is 8. The molecule has 1 aliphatic heterocycles. The molecule has 2 amide bonds. The van der Waals surface area contributed by atoms with E-state index in [0.29, 0.717) is 31.9 Å². The number of piperazine rings is 1. The molecule has 2 aromatic carbocycles. The summed E-state index contributed by atoms with van der Waals surface area (Å²) in [5.41, 5.74) is 1.03. The zero-order valence-corrected chi connectivity index (χ0v) is 16.3. The van der Waals surface area contributed by atoms with Gasteiger partial charge in [0.15, 0.2) is 0 Å². The number of hydrogen-bond acceptors (Lipinski definition) is 4. The summed E-state index contributed by atoms with van der Waals surface area (Å²) in [6, 6.07) is 16.7.